The molecule has 26 heavy (non-hydrogen) atoms. The van der Waals surface area contributed by atoms with Crippen LogP contribution in [0.25, 0.3) is 0 Å². The number of hydrogen-bond donors (Lipinski definition) is 5. The van der Waals surface area contributed by atoms with Crippen molar-refractivity contribution in [2.45, 2.75) is 20.3 Å². The normalized spacial score (nSPS) is 10.7. The molecule has 4 amide bonds. The lowest BCUT2D eigenvalue weighted by atomic mass is 10.2. The lowest BCUT2D eigenvalue weighted by Crippen LogP contribution is -2.39. The second-order valence-corrected chi connectivity index (χ2v) is 5.25. The van der Waals surface area contributed by atoms with Crippen LogP contribution >= 0.6 is 0 Å². The van der Waals surface area contributed by atoms with E-state index in [4.69, 9.17) is 5.11 Å². The minimum absolute atomic E-state index is 0.0436. The molecule has 0 unspecified atom stereocenters. The van der Waals surface area contributed by atoms with Crippen molar-refractivity contribution in [3.05, 3.63) is 24.3 Å². The Kier molecular flexibility index (Phi) is 8.44. The molecule has 0 radical (unpaired) electrons. The van der Waals surface area contributed by atoms with Crippen molar-refractivity contribution in [1.29, 1.82) is 0 Å². The smallest absolute Gasteiger partial charge is 0.329 e. The predicted octanol–water partition coefficient (Wildman–Crippen LogP) is -0.426. The number of aliphatic hydroxyl groups excluding tert-OH is 1. The van der Waals surface area contributed by atoms with Crippen molar-refractivity contribution >= 4 is 40.7 Å². The SMILES string of the molecule is CC(=O)Nc1ccc(NC(=O)CC(C)=NNC(=O)C(=O)NCCO)cc1. The van der Waals surface area contributed by atoms with E-state index in [1.165, 1.54) is 13.8 Å². The van der Waals surface area contributed by atoms with Crippen LogP contribution in [0.2, 0.25) is 0 Å². The molecular formula is C16H21N5O5. The highest BCUT2D eigenvalue weighted by Gasteiger charge is 2.12. The fraction of sp³-hybridized carbons (Fsp3) is 0.312. The number of carbonyl (C=O) groups excluding carboxylic acids is 4. The van der Waals surface area contributed by atoms with Crippen LogP contribution in [-0.4, -0.2) is 47.6 Å². The predicted molar refractivity (Wildman–Crippen MR) is 95.3 cm³/mol. The van der Waals surface area contributed by atoms with E-state index in [1.54, 1.807) is 24.3 Å². The number of hydrazone groups is 1. The number of rotatable bonds is 7. The molecule has 0 aliphatic heterocycles. The number of nitrogens with zero attached hydrogens (tertiary/aromatic N) is 1. The topological polar surface area (TPSA) is 149 Å². The van der Waals surface area contributed by atoms with E-state index < -0.39 is 11.8 Å². The first-order chi connectivity index (χ1) is 12.3. The Balaban J connectivity index is 2.47. The van der Waals surface area contributed by atoms with Crippen molar-refractivity contribution in [3.63, 3.8) is 0 Å². The Morgan fingerprint density at radius 1 is 0.962 bits per heavy atom. The van der Waals surface area contributed by atoms with Crippen LogP contribution < -0.4 is 21.4 Å². The molecule has 10 nitrogen and oxygen atoms in total. The maximum Gasteiger partial charge on any atom is 0.329 e. The Morgan fingerprint density at radius 2 is 1.54 bits per heavy atom. The molecule has 1 rings (SSSR count). The van der Waals surface area contributed by atoms with Crippen molar-refractivity contribution in [2.75, 3.05) is 23.8 Å². The fourth-order valence-electron chi connectivity index (χ4n) is 1.76. The van der Waals surface area contributed by atoms with Crippen LogP contribution in [0, 0.1) is 0 Å². The van der Waals surface area contributed by atoms with Gasteiger partial charge in [0.05, 0.1) is 13.0 Å². The average molecular weight is 363 g/mol. The highest BCUT2D eigenvalue weighted by Crippen LogP contribution is 2.13. The molecular weight excluding hydrogens is 342 g/mol. The molecule has 0 saturated heterocycles. The third-order valence-electron chi connectivity index (χ3n) is 2.86. The zero-order valence-corrected chi connectivity index (χ0v) is 14.5. The van der Waals surface area contributed by atoms with E-state index in [0.717, 1.165) is 0 Å². The van der Waals surface area contributed by atoms with E-state index in [9.17, 15) is 19.2 Å². The van der Waals surface area contributed by atoms with E-state index in [2.05, 4.69) is 21.1 Å². The van der Waals surface area contributed by atoms with Gasteiger partial charge in [-0.2, -0.15) is 5.10 Å². The van der Waals surface area contributed by atoms with Gasteiger partial charge in [0, 0.05) is 30.6 Å². The van der Waals surface area contributed by atoms with Gasteiger partial charge in [0.25, 0.3) is 0 Å². The van der Waals surface area contributed by atoms with Gasteiger partial charge in [-0.25, -0.2) is 5.43 Å². The van der Waals surface area contributed by atoms with Gasteiger partial charge < -0.3 is 21.1 Å². The third-order valence-corrected chi connectivity index (χ3v) is 2.86. The second kappa shape index (κ2) is 10.6. The lowest BCUT2D eigenvalue weighted by molar-refractivity contribution is -0.139. The summed E-state index contributed by atoms with van der Waals surface area (Å²) in [6, 6.07) is 6.54. The molecule has 0 aromatic heterocycles. The number of hydrogen-bond acceptors (Lipinski definition) is 6. The summed E-state index contributed by atoms with van der Waals surface area (Å²) in [6.07, 6.45) is -0.0913. The molecule has 140 valence electrons. The highest BCUT2D eigenvalue weighted by atomic mass is 16.3. The molecule has 0 aliphatic rings. The summed E-state index contributed by atoms with van der Waals surface area (Å²) in [7, 11) is 0. The summed E-state index contributed by atoms with van der Waals surface area (Å²) in [4.78, 5) is 45.5. The van der Waals surface area contributed by atoms with Gasteiger partial charge in [-0.15, -0.1) is 0 Å². The molecule has 5 N–H and O–H groups in total. The monoisotopic (exact) mass is 363 g/mol. The third kappa shape index (κ3) is 8.02. The summed E-state index contributed by atoms with van der Waals surface area (Å²) in [5, 5.41) is 19.6. The van der Waals surface area contributed by atoms with E-state index in [0.29, 0.717) is 17.1 Å². The van der Waals surface area contributed by atoms with Crippen molar-refractivity contribution in [3.8, 4) is 0 Å². The van der Waals surface area contributed by atoms with E-state index in [1.807, 2.05) is 5.43 Å². The zero-order chi connectivity index (χ0) is 19.5. The van der Waals surface area contributed by atoms with Crippen LogP contribution in [0.15, 0.2) is 29.4 Å². The number of nitrogens with one attached hydrogen (secondary N) is 4. The number of anilines is 2. The minimum Gasteiger partial charge on any atom is -0.395 e. The molecule has 0 atom stereocenters. The van der Waals surface area contributed by atoms with Gasteiger partial charge in [-0.3, -0.25) is 19.2 Å². The maximum absolute atomic E-state index is 11.9. The fourth-order valence-corrected chi connectivity index (χ4v) is 1.76. The van der Waals surface area contributed by atoms with E-state index in [-0.39, 0.29) is 31.4 Å². The van der Waals surface area contributed by atoms with Crippen LogP contribution in [0.1, 0.15) is 20.3 Å². The van der Waals surface area contributed by atoms with Crippen molar-refractivity contribution in [1.82, 2.24) is 10.7 Å². The number of benzene rings is 1. The molecule has 0 bridgehead atoms. The summed E-state index contributed by atoms with van der Waals surface area (Å²) in [6.45, 7) is 2.59. The van der Waals surface area contributed by atoms with Gasteiger partial charge in [-0.1, -0.05) is 0 Å². The largest absolute Gasteiger partial charge is 0.395 e. The van der Waals surface area contributed by atoms with Gasteiger partial charge in [0.2, 0.25) is 11.8 Å². The standard InChI is InChI=1S/C16H21N5O5/c1-10(20-21-16(26)15(25)17-7-8-22)9-14(24)19-13-5-3-12(4-6-13)18-11(2)23/h3-6,22H,7-9H2,1-2H3,(H,17,25)(H,18,23)(H,19,24)(H,21,26). The van der Waals surface area contributed by atoms with Crippen LogP contribution in [0.5, 0.6) is 0 Å². The maximum atomic E-state index is 11.9. The van der Waals surface area contributed by atoms with Crippen LogP contribution in [0.4, 0.5) is 11.4 Å². The average Bonchev–Trinajstić information content (AvgIpc) is 2.58. The van der Waals surface area contributed by atoms with Crippen LogP contribution in [-0.2, 0) is 19.2 Å². The van der Waals surface area contributed by atoms with Gasteiger partial charge >= 0.3 is 11.8 Å². The minimum atomic E-state index is -0.994. The Hall–Kier alpha value is -3.27. The van der Waals surface area contributed by atoms with Crippen LogP contribution in [0.3, 0.4) is 0 Å². The molecule has 0 heterocycles. The summed E-state index contributed by atoms with van der Waals surface area (Å²) < 4.78 is 0. The first-order valence-corrected chi connectivity index (χ1v) is 7.71. The molecule has 0 fully saturated rings. The van der Waals surface area contributed by atoms with E-state index >= 15 is 0 Å². The molecule has 10 heteroatoms. The highest BCUT2D eigenvalue weighted by molar-refractivity contribution is 6.35. The zero-order valence-electron chi connectivity index (χ0n) is 14.5. The quantitative estimate of drug-likeness (QED) is 0.253. The lowest BCUT2D eigenvalue weighted by Gasteiger charge is -2.07. The van der Waals surface area contributed by atoms with Crippen molar-refractivity contribution < 1.29 is 24.3 Å². The van der Waals surface area contributed by atoms with Gasteiger partial charge in [0.1, 0.15) is 0 Å². The Morgan fingerprint density at radius 3 is 2.08 bits per heavy atom. The number of aliphatic hydroxyl groups is 1. The Labute approximate surface area is 150 Å². The molecule has 0 saturated carbocycles. The first kappa shape index (κ1) is 20.8. The summed E-state index contributed by atoms with van der Waals surface area (Å²) in [5.74, 6) is -2.48. The Bertz CT molecular complexity index is 699. The van der Waals surface area contributed by atoms with Gasteiger partial charge in [0.15, 0.2) is 0 Å². The second-order valence-electron chi connectivity index (χ2n) is 5.25. The molecule has 0 aliphatic carbocycles. The number of carbonyl (C=O) groups is 4. The van der Waals surface area contributed by atoms with Crippen molar-refractivity contribution in [2.24, 2.45) is 5.10 Å². The molecule has 0 spiro atoms. The summed E-state index contributed by atoms with van der Waals surface area (Å²) >= 11 is 0. The summed E-state index contributed by atoms with van der Waals surface area (Å²) in [5.41, 5.74) is 3.45. The molecule has 1 aromatic carbocycles. The number of amides is 4. The first-order valence-electron chi connectivity index (χ1n) is 7.71. The van der Waals surface area contributed by atoms with Gasteiger partial charge in [-0.05, 0) is 31.2 Å². The molecule has 1 aromatic rings.